The Kier molecular flexibility index (Phi) is 4.61. The van der Waals surface area contributed by atoms with Gasteiger partial charge in [0, 0.05) is 45.8 Å². The van der Waals surface area contributed by atoms with Crippen LogP contribution in [0.3, 0.4) is 0 Å². The van der Waals surface area contributed by atoms with Crippen LogP contribution < -0.4 is 21.9 Å². The van der Waals surface area contributed by atoms with E-state index < -0.39 is 23.0 Å². The lowest BCUT2D eigenvalue weighted by molar-refractivity contribution is -0.106. The maximum atomic E-state index is 13.8. The van der Waals surface area contributed by atoms with Gasteiger partial charge in [-0.1, -0.05) is 39.0 Å². The van der Waals surface area contributed by atoms with Crippen molar-refractivity contribution in [2.24, 2.45) is 5.73 Å². The van der Waals surface area contributed by atoms with E-state index in [0.717, 1.165) is 21.8 Å². The van der Waals surface area contributed by atoms with Crippen molar-refractivity contribution in [2.45, 2.75) is 45.6 Å². The fraction of sp³-hybridized carbons (Fsp3) is 0.259. The number of fused-ring (bicyclic) bond motifs is 6. The summed E-state index contributed by atoms with van der Waals surface area (Å²) in [6, 6.07) is 12.5. The molecule has 35 heavy (non-hydrogen) atoms. The van der Waals surface area contributed by atoms with Gasteiger partial charge in [-0.3, -0.25) is 4.79 Å². The number of benzene rings is 3. The maximum Gasteiger partial charge on any atom is 0.429 e. The number of anilines is 2. The molecule has 0 aromatic heterocycles. The van der Waals surface area contributed by atoms with Crippen LogP contribution in [0.4, 0.5) is 16.2 Å². The third kappa shape index (κ3) is 2.92. The molecular formula is C27H28N4O4. The second kappa shape index (κ2) is 7.15. The van der Waals surface area contributed by atoms with Gasteiger partial charge >= 0.3 is 6.09 Å². The first kappa shape index (κ1) is 22.6. The van der Waals surface area contributed by atoms with Crippen LogP contribution in [0.1, 0.15) is 64.5 Å². The van der Waals surface area contributed by atoms with Crippen molar-refractivity contribution in [1.82, 2.24) is 5.06 Å². The van der Waals surface area contributed by atoms with Gasteiger partial charge in [0.25, 0.3) is 5.91 Å². The predicted molar refractivity (Wildman–Crippen MR) is 133 cm³/mol. The number of rotatable bonds is 1. The van der Waals surface area contributed by atoms with E-state index in [1.54, 1.807) is 24.3 Å². The predicted octanol–water partition coefficient (Wildman–Crippen LogP) is 4.63. The van der Waals surface area contributed by atoms with Gasteiger partial charge in [0.2, 0.25) is 0 Å². The first-order valence-electron chi connectivity index (χ1n) is 11.3. The summed E-state index contributed by atoms with van der Waals surface area (Å²) in [5.74, 6) is 0.407. The Morgan fingerprint density at radius 2 is 1.66 bits per heavy atom. The number of ether oxygens (including phenoxy) is 1. The molecule has 0 fully saturated rings. The zero-order chi connectivity index (χ0) is 25.4. The number of nitrogens with two attached hydrogens (primary N) is 3. The smallest absolute Gasteiger partial charge is 0.429 e. The molecule has 3 aromatic carbocycles. The van der Waals surface area contributed by atoms with Crippen LogP contribution in [-0.2, 0) is 15.8 Å². The van der Waals surface area contributed by atoms with Gasteiger partial charge in [0.05, 0.1) is 0 Å². The van der Waals surface area contributed by atoms with E-state index in [1.807, 2.05) is 32.0 Å². The van der Waals surface area contributed by atoms with Crippen LogP contribution in [0.2, 0.25) is 0 Å². The van der Waals surface area contributed by atoms with E-state index in [1.165, 1.54) is 0 Å². The molecular weight excluding hydrogens is 444 g/mol. The molecule has 0 aliphatic carbocycles. The molecule has 8 nitrogen and oxygen atoms in total. The van der Waals surface area contributed by atoms with Gasteiger partial charge in [-0.05, 0) is 48.1 Å². The van der Waals surface area contributed by atoms with E-state index in [4.69, 9.17) is 26.8 Å². The number of nitrogens with zero attached hydrogens (tertiary/aromatic N) is 1. The zero-order valence-electron chi connectivity index (χ0n) is 20.4. The number of hydrogen-bond acceptors (Lipinski definition) is 6. The van der Waals surface area contributed by atoms with Crippen LogP contribution in [0.25, 0.3) is 0 Å². The molecule has 6 N–H and O–H groups in total. The Morgan fingerprint density at radius 3 is 2.31 bits per heavy atom. The molecule has 1 atom stereocenters. The summed E-state index contributed by atoms with van der Waals surface area (Å²) in [6.07, 6.45) is -1.10. The normalized spacial score (nSPS) is 18.1. The fourth-order valence-corrected chi connectivity index (χ4v) is 5.52. The molecule has 3 aromatic rings. The lowest BCUT2D eigenvalue weighted by Crippen LogP contribution is -2.50. The molecule has 0 saturated carbocycles. The number of aryl methyl sites for hydroxylation is 1. The Morgan fingerprint density at radius 1 is 1.00 bits per heavy atom. The summed E-state index contributed by atoms with van der Waals surface area (Å²) < 4.78 is 6.41. The average molecular weight is 473 g/mol. The molecule has 5 rings (SSSR count). The molecule has 1 unspecified atom stereocenters. The number of amides is 2. The number of nitrogen functional groups attached to an aromatic ring is 2. The minimum absolute atomic E-state index is 0.399. The van der Waals surface area contributed by atoms with Crippen molar-refractivity contribution >= 4 is 23.4 Å². The highest BCUT2D eigenvalue weighted by atomic mass is 16.7. The largest absolute Gasteiger partial charge is 0.456 e. The molecule has 2 aliphatic rings. The van der Waals surface area contributed by atoms with Gasteiger partial charge in [0.1, 0.15) is 11.5 Å². The van der Waals surface area contributed by atoms with Crippen molar-refractivity contribution in [1.29, 1.82) is 0 Å². The fourth-order valence-electron chi connectivity index (χ4n) is 5.52. The van der Waals surface area contributed by atoms with Crippen LogP contribution in [0, 0.1) is 13.8 Å². The van der Waals surface area contributed by atoms with E-state index in [2.05, 4.69) is 20.8 Å². The van der Waals surface area contributed by atoms with Gasteiger partial charge in [-0.2, -0.15) is 0 Å². The standard InChI is InChI=1S/C27H28N4O4/c1-13-10-17-20(11-18(13)28)34-21-12-19(29)14(2)22(26(3,4)5)23(21)27(17)16-9-7-6-8-15(16)24(32)31(27)35-25(30)33/h6-12H,28-29H2,1-5H3,(H2,30,33). The summed E-state index contributed by atoms with van der Waals surface area (Å²) in [7, 11) is 0. The van der Waals surface area contributed by atoms with Gasteiger partial charge in [0.15, 0.2) is 5.54 Å². The SMILES string of the molecule is Cc1cc2c(cc1N)Oc1cc(N)c(C)c(C(C)(C)C)c1C21c2ccccc2C(=O)N1OC(N)=O. The summed E-state index contributed by atoms with van der Waals surface area (Å²) in [5, 5.41) is 1.08. The first-order chi connectivity index (χ1) is 16.4. The number of primary amides is 1. The number of hydrogen-bond donors (Lipinski definition) is 3. The van der Waals surface area contributed by atoms with Gasteiger partial charge in [-0.15, -0.1) is 5.06 Å². The Balaban J connectivity index is 2.06. The molecule has 2 heterocycles. The minimum Gasteiger partial charge on any atom is -0.456 e. The molecule has 0 bridgehead atoms. The molecule has 2 amide bonds. The molecule has 0 saturated heterocycles. The second-order valence-electron chi connectivity index (χ2n) is 10.2. The van der Waals surface area contributed by atoms with Gasteiger partial charge < -0.3 is 26.8 Å². The highest BCUT2D eigenvalue weighted by molar-refractivity contribution is 6.02. The third-order valence-electron chi connectivity index (χ3n) is 6.90. The van der Waals surface area contributed by atoms with Crippen molar-refractivity contribution in [3.8, 4) is 11.5 Å². The molecule has 8 heteroatoms. The summed E-state index contributed by atoms with van der Waals surface area (Å²) in [5.41, 5.74) is 22.4. The Labute approximate surface area is 203 Å². The van der Waals surface area contributed by atoms with Crippen LogP contribution in [-0.4, -0.2) is 17.1 Å². The maximum absolute atomic E-state index is 13.8. The second-order valence-corrected chi connectivity index (χ2v) is 10.2. The molecule has 2 aliphatic heterocycles. The average Bonchev–Trinajstić information content (AvgIpc) is 3.00. The zero-order valence-corrected chi connectivity index (χ0v) is 20.4. The lowest BCUT2D eigenvalue weighted by Gasteiger charge is -2.45. The quantitative estimate of drug-likeness (QED) is 0.442. The highest BCUT2D eigenvalue weighted by Gasteiger charge is 2.60. The van der Waals surface area contributed by atoms with Crippen molar-refractivity contribution in [3.63, 3.8) is 0 Å². The van der Waals surface area contributed by atoms with E-state index in [0.29, 0.717) is 45.1 Å². The van der Waals surface area contributed by atoms with Crippen molar-refractivity contribution in [3.05, 3.63) is 81.4 Å². The summed E-state index contributed by atoms with van der Waals surface area (Å²) in [6.45, 7) is 10.0. The molecule has 1 spiro atoms. The topological polar surface area (TPSA) is 134 Å². The lowest BCUT2D eigenvalue weighted by atomic mass is 9.68. The third-order valence-corrected chi connectivity index (χ3v) is 6.90. The van der Waals surface area contributed by atoms with Crippen LogP contribution in [0.5, 0.6) is 11.5 Å². The Hall–Kier alpha value is -4.20. The highest BCUT2D eigenvalue weighted by Crippen LogP contribution is 2.61. The summed E-state index contributed by atoms with van der Waals surface area (Å²) >= 11 is 0. The summed E-state index contributed by atoms with van der Waals surface area (Å²) in [4.78, 5) is 31.5. The molecule has 180 valence electrons. The number of hydroxylamine groups is 2. The van der Waals surface area contributed by atoms with Crippen molar-refractivity contribution in [2.75, 3.05) is 11.5 Å². The number of carbonyl (C=O) groups excluding carboxylic acids is 2. The monoisotopic (exact) mass is 472 g/mol. The number of carbonyl (C=O) groups is 2. The first-order valence-corrected chi connectivity index (χ1v) is 11.3. The Bertz CT molecular complexity index is 1440. The van der Waals surface area contributed by atoms with E-state index in [9.17, 15) is 9.59 Å². The van der Waals surface area contributed by atoms with E-state index >= 15 is 0 Å². The minimum atomic E-state index is -1.37. The van der Waals surface area contributed by atoms with Gasteiger partial charge in [-0.25, -0.2) is 4.79 Å². The van der Waals surface area contributed by atoms with Crippen molar-refractivity contribution < 1.29 is 19.2 Å². The van der Waals surface area contributed by atoms with E-state index in [-0.39, 0.29) is 0 Å². The van der Waals surface area contributed by atoms with Crippen LogP contribution in [0.15, 0.2) is 42.5 Å². The molecule has 0 radical (unpaired) electrons. The van der Waals surface area contributed by atoms with Crippen LogP contribution >= 0.6 is 0 Å².